The number of benzene rings is 1. The van der Waals surface area contributed by atoms with Crippen LogP contribution in [0.1, 0.15) is 24.4 Å². The van der Waals surface area contributed by atoms with Crippen LogP contribution in [0.3, 0.4) is 0 Å². The fraction of sp³-hybridized carbons (Fsp3) is 0.222. The van der Waals surface area contributed by atoms with Crippen molar-refractivity contribution in [2.45, 2.75) is 26.4 Å². The fourth-order valence-corrected chi connectivity index (χ4v) is 3.12. The molecule has 1 aromatic carbocycles. The first-order chi connectivity index (χ1) is 11.1. The Morgan fingerprint density at radius 1 is 1.26 bits per heavy atom. The second kappa shape index (κ2) is 6.79. The van der Waals surface area contributed by atoms with Crippen molar-refractivity contribution in [3.05, 3.63) is 58.7 Å². The minimum absolute atomic E-state index is 0.115. The van der Waals surface area contributed by atoms with Gasteiger partial charge in [-0.1, -0.05) is 6.07 Å². The van der Waals surface area contributed by atoms with Gasteiger partial charge in [-0.2, -0.15) is 0 Å². The molecule has 0 spiro atoms. The summed E-state index contributed by atoms with van der Waals surface area (Å²) in [6.45, 7) is 3.98. The summed E-state index contributed by atoms with van der Waals surface area (Å²) in [7, 11) is 0. The number of nitrogens with two attached hydrogens (primary N) is 1. The maximum absolute atomic E-state index is 6.07. The number of nitrogen functional groups attached to an aromatic ring is 1. The SMILES string of the molecule is CC(C)Oc1ccc(Cc2nc(-c3cccnc3)cs2)cc1N. The molecular formula is C18H19N3OS. The number of hydrogen-bond donors (Lipinski definition) is 1. The standard InChI is InChI=1S/C18H19N3OS/c1-12(2)22-17-6-5-13(8-15(17)19)9-18-21-16(11-23-18)14-4-3-7-20-10-14/h3-8,10-12H,9,19H2,1-2H3. The third-order valence-electron chi connectivity index (χ3n) is 3.30. The van der Waals surface area contributed by atoms with Gasteiger partial charge in [-0.05, 0) is 43.7 Å². The molecule has 0 saturated heterocycles. The summed E-state index contributed by atoms with van der Waals surface area (Å²) >= 11 is 1.65. The van der Waals surface area contributed by atoms with Crippen LogP contribution in [0.2, 0.25) is 0 Å². The first-order valence-corrected chi connectivity index (χ1v) is 8.39. The third-order valence-corrected chi connectivity index (χ3v) is 4.15. The van der Waals surface area contributed by atoms with Crippen LogP contribution in [0.15, 0.2) is 48.1 Å². The number of nitrogens with zero attached hydrogens (tertiary/aromatic N) is 2. The molecule has 2 heterocycles. The van der Waals surface area contributed by atoms with Crippen LogP contribution in [0.4, 0.5) is 5.69 Å². The summed E-state index contributed by atoms with van der Waals surface area (Å²) in [5.41, 5.74) is 9.87. The van der Waals surface area contributed by atoms with Crippen molar-refractivity contribution in [3.63, 3.8) is 0 Å². The van der Waals surface area contributed by atoms with Crippen LogP contribution in [-0.4, -0.2) is 16.1 Å². The van der Waals surface area contributed by atoms with Gasteiger partial charge in [0.15, 0.2) is 0 Å². The van der Waals surface area contributed by atoms with Gasteiger partial charge in [0, 0.05) is 29.8 Å². The summed E-state index contributed by atoms with van der Waals surface area (Å²) in [6.07, 6.45) is 4.47. The Labute approximate surface area is 140 Å². The van der Waals surface area contributed by atoms with Gasteiger partial charge in [0.25, 0.3) is 0 Å². The summed E-state index contributed by atoms with van der Waals surface area (Å²) in [6, 6.07) is 9.87. The van der Waals surface area contributed by atoms with Crippen LogP contribution < -0.4 is 10.5 Å². The fourth-order valence-electron chi connectivity index (χ4n) is 2.28. The van der Waals surface area contributed by atoms with Crippen LogP contribution in [0, 0.1) is 0 Å². The average molecular weight is 325 g/mol. The first-order valence-electron chi connectivity index (χ1n) is 7.51. The number of thiazole rings is 1. The Bertz CT molecular complexity index is 784. The van der Waals surface area contributed by atoms with Gasteiger partial charge >= 0.3 is 0 Å². The van der Waals surface area contributed by atoms with Crippen molar-refractivity contribution in [3.8, 4) is 17.0 Å². The highest BCUT2D eigenvalue weighted by Crippen LogP contribution is 2.27. The lowest BCUT2D eigenvalue weighted by Gasteiger charge is -2.12. The molecule has 118 valence electrons. The van der Waals surface area contributed by atoms with Gasteiger partial charge in [0.1, 0.15) is 5.75 Å². The number of rotatable bonds is 5. The van der Waals surface area contributed by atoms with Crippen LogP contribution >= 0.6 is 11.3 Å². The Morgan fingerprint density at radius 2 is 2.13 bits per heavy atom. The number of pyridine rings is 1. The van der Waals surface area contributed by atoms with E-state index < -0.39 is 0 Å². The van der Waals surface area contributed by atoms with Gasteiger partial charge in [0.2, 0.25) is 0 Å². The molecule has 0 amide bonds. The molecule has 0 unspecified atom stereocenters. The van der Waals surface area contributed by atoms with Crippen LogP contribution in [0.25, 0.3) is 11.3 Å². The Hall–Kier alpha value is -2.40. The Balaban J connectivity index is 1.75. The molecule has 0 saturated carbocycles. The summed E-state index contributed by atoms with van der Waals surface area (Å²) < 4.78 is 5.67. The molecule has 23 heavy (non-hydrogen) atoms. The number of aromatic nitrogens is 2. The highest BCUT2D eigenvalue weighted by Gasteiger charge is 2.08. The van der Waals surface area contributed by atoms with Crippen LogP contribution in [-0.2, 0) is 6.42 Å². The van der Waals surface area contributed by atoms with Crippen molar-refractivity contribution in [2.75, 3.05) is 5.73 Å². The van der Waals surface area contributed by atoms with Crippen molar-refractivity contribution in [2.24, 2.45) is 0 Å². The molecule has 4 nitrogen and oxygen atoms in total. The van der Waals surface area contributed by atoms with E-state index in [1.165, 1.54) is 0 Å². The van der Waals surface area contributed by atoms with E-state index in [-0.39, 0.29) is 6.10 Å². The molecule has 0 aliphatic heterocycles. The molecule has 0 atom stereocenters. The maximum Gasteiger partial charge on any atom is 0.142 e. The summed E-state index contributed by atoms with van der Waals surface area (Å²) in [5, 5.41) is 3.12. The van der Waals surface area contributed by atoms with E-state index in [9.17, 15) is 0 Å². The predicted molar refractivity (Wildman–Crippen MR) is 94.8 cm³/mol. The first kappa shape index (κ1) is 15.5. The molecule has 0 aliphatic rings. The average Bonchev–Trinajstić information content (AvgIpc) is 2.99. The summed E-state index contributed by atoms with van der Waals surface area (Å²) in [4.78, 5) is 8.82. The van der Waals surface area contributed by atoms with E-state index in [4.69, 9.17) is 10.5 Å². The molecule has 0 bridgehead atoms. The summed E-state index contributed by atoms with van der Waals surface area (Å²) in [5.74, 6) is 0.735. The number of anilines is 1. The van der Waals surface area contributed by atoms with Gasteiger partial charge in [-0.3, -0.25) is 4.98 Å². The molecule has 5 heteroatoms. The second-order valence-electron chi connectivity index (χ2n) is 5.58. The quantitative estimate of drug-likeness (QED) is 0.715. The highest BCUT2D eigenvalue weighted by molar-refractivity contribution is 7.10. The van der Waals surface area contributed by atoms with E-state index in [1.54, 1.807) is 17.5 Å². The minimum atomic E-state index is 0.115. The topological polar surface area (TPSA) is 61.0 Å². The van der Waals surface area contributed by atoms with Crippen molar-refractivity contribution >= 4 is 17.0 Å². The Morgan fingerprint density at radius 3 is 2.83 bits per heavy atom. The zero-order valence-electron chi connectivity index (χ0n) is 13.2. The molecule has 3 rings (SSSR count). The van der Waals surface area contributed by atoms with Crippen molar-refractivity contribution < 1.29 is 4.74 Å². The molecular weight excluding hydrogens is 306 g/mol. The lowest BCUT2D eigenvalue weighted by molar-refractivity contribution is 0.244. The van der Waals surface area contributed by atoms with E-state index in [0.29, 0.717) is 5.69 Å². The zero-order valence-corrected chi connectivity index (χ0v) is 14.0. The normalized spacial score (nSPS) is 10.9. The molecule has 0 radical (unpaired) electrons. The lowest BCUT2D eigenvalue weighted by atomic mass is 10.1. The lowest BCUT2D eigenvalue weighted by Crippen LogP contribution is -2.07. The van der Waals surface area contributed by atoms with Crippen molar-refractivity contribution in [1.29, 1.82) is 0 Å². The monoisotopic (exact) mass is 325 g/mol. The van der Waals surface area contributed by atoms with E-state index in [0.717, 1.165) is 34.0 Å². The van der Waals surface area contributed by atoms with E-state index in [2.05, 4.69) is 15.3 Å². The van der Waals surface area contributed by atoms with Crippen molar-refractivity contribution in [1.82, 2.24) is 9.97 Å². The highest BCUT2D eigenvalue weighted by atomic mass is 32.1. The zero-order chi connectivity index (χ0) is 16.2. The van der Waals surface area contributed by atoms with E-state index >= 15 is 0 Å². The number of ether oxygens (including phenoxy) is 1. The Kier molecular flexibility index (Phi) is 4.57. The van der Waals surface area contributed by atoms with Crippen LogP contribution in [0.5, 0.6) is 5.75 Å². The molecule has 0 fully saturated rings. The minimum Gasteiger partial charge on any atom is -0.489 e. The van der Waals surface area contributed by atoms with Gasteiger partial charge in [0.05, 0.1) is 22.5 Å². The smallest absolute Gasteiger partial charge is 0.142 e. The van der Waals surface area contributed by atoms with Gasteiger partial charge < -0.3 is 10.5 Å². The number of hydrogen-bond acceptors (Lipinski definition) is 5. The van der Waals surface area contributed by atoms with Gasteiger partial charge in [-0.25, -0.2) is 4.98 Å². The van der Waals surface area contributed by atoms with E-state index in [1.807, 2.05) is 50.4 Å². The largest absolute Gasteiger partial charge is 0.489 e. The maximum atomic E-state index is 6.07. The molecule has 2 aromatic heterocycles. The second-order valence-corrected chi connectivity index (χ2v) is 6.53. The third kappa shape index (κ3) is 3.87. The van der Waals surface area contributed by atoms with Gasteiger partial charge in [-0.15, -0.1) is 11.3 Å². The molecule has 3 aromatic rings. The predicted octanol–water partition coefficient (Wildman–Crippen LogP) is 4.17. The molecule has 0 aliphatic carbocycles. The molecule has 2 N–H and O–H groups in total.